The summed E-state index contributed by atoms with van der Waals surface area (Å²) in [7, 11) is 1.57. The molecule has 1 aliphatic rings. The van der Waals surface area contributed by atoms with Crippen molar-refractivity contribution in [3.63, 3.8) is 0 Å². The lowest BCUT2D eigenvalue weighted by Crippen LogP contribution is -2.30. The number of carbonyl (C=O) groups is 2. The zero-order valence-electron chi connectivity index (χ0n) is 16.6. The summed E-state index contributed by atoms with van der Waals surface area (Å²) < 4.78 is 5.23. The van der Waals surface area contributed by atoms with E-state index in [0.29, 0.717) is 22.6 Å². The maximum Gasteiger partial charge on any atom is 0.300 e. The first-order chi connectivity index (χ1) is 14.5. The van der Waals surface area contributed by atoms with Gasteiger partial charge in [0, 0.05) is 23.6 Å². The lowest BCUT2D eigenvalue weighted by atomic mass is 9.95. The van der Waals surface area contributed by atoms with Gasteiger partial charge in [-0.1, -0.05) is 30.3 Å². The van der Waals surface area contributed by atoms with Crippen molar-refractivity contribution in [3.8, 4) is 5.75 Å². The minimum absolute atomic E-state index is 0.0413. The van der Waals surface area contributed by atoms with Crippen molar-refractivity contribution in [1.82, 2.24) is 4.98 Å². The average Bonchev–Trinajstić information content (AvgIpc) is 3.05. The molecule has 1 fully saturated rings. The monoisotopic (exact) mass is 400 g/mol. The zero-order chi connectivity index (χ0) is 21.3. The number of anilines is 1. The molecule has 0 saturated carbocycles. The Labute approximate surface area is 174 Å². The molecule has 1 aromatic heterocycles. The van der Waals surface area contributed by atoms with Gasteiger partial charge in [0.25, 0.3) is 11.7 Å². The number of ether oxygens (including phenoxy) is 1. The van der Waals surface area contributed by atoms with Crippen LogP contribution in [0.3, 0.4) is 0 Å². The second-order valence-electron chi connectivity index (χ2n) is 6.96. The highest BCUT2D eigenvalue weighted by Crippen LogP contribution is 2.43. The molecule has 1 saturated heterocycles. The van der Waals surface area contributed by atoms with Gasteiger partial charge in [0.2, 0.25) is 0 Å². The molecule has 30 heavy (non-hydrogen) atoms. The average molecular weight is 400 g/mol. The molecule has 6 heteroatoms. The Morgan fingerprint density at radius 1 is 1.00 bits per heavy atom. The number of Topliss-reactive ketones (excluding diaryl/α,β-unsaturated/α-hetero) is 1. The molecule has 0 spiro atoms. The standard InChI is InChI=1S/C24H20N2O4/c1-15-5-3-4-6-19(15)26-21(16-7-9-18(30-2)10-8-16)20(23(28)24(26)29)22(27)17-11-13-25-14-12-17/h3-14,21,27H,1-2H3/b22-20+. The number of aryl methyl sites for hydroxylation is 1. The van der Waals surface area contributed by atoms with Crippen molar-refractivity contribution >= 4 is 23.1 Å². The van der Waals surface area contributed by atoms with E-state index in [1.165, 1.54) is 17.3 Å². The first-order valence-electron chi connectivity index (χ1n) is 9.44. The number of hydrogen-bond acceptors (Lipinski definition) is 5. The maximum absolute atomic E-state index is 13.1. The molecule has 0 bridgehead atoms. The number of ketones is 1. The molecule has 0 aliphatic carbocycles. The van der Waals surface area contributed by atoms with Gasteiger partial charge in [-0.2, -0.15) is 0 Å². The van der Waals surface area contributed by atoms with E-state index < -0.39 is 17.7 Å². The normalized spacial score (nSPS) is 17.9. The minimum Gasteiger partial charge on any atom is -0.507 e. The van der Waals surface area contributed by atoms with E-state index in [0.717, 1.165) is 5.56 Å². The fourth-order valence-electron chi connectivity index (χ4n) is 3.68. The summed E-state index contributed by atoms with van der Waals surface area (Å²) in [6.07, 6.45) is 3.05. The van der Waals surface area contributed by atoms with Crippen molar-refractivity contribution in [2.45, 2.75) is 13.0 Å². The third-order valence-corrected chi connectivity index (χ3v) is 5.20. The molecular weight excluding hydrogens is 380 g/mol. The van der Waals surface area contributed by atoms with E-state index in [2.05, 4.69) is 4.98 Å². The number of nitrogens with zero attached hydrogens (tertiary/aromatic N) is 2. The number of para-hydroxylation sites is 1. The van der Waals surface area contributed by atoms with Crippen LogP contribution in [0.15, 0.2) is 78.6 Å². The van der Waals surface area contributed by atoms with Crippen molar-refractivity contribution in [2.24, 2.45) is 0 Å². The molecule has 0 radical (unpaired) electrons. The smallest absolute Gasteiger partial charge is 0.300 e. The molecule has 3 aromatic rings. The van der Waals surface area contributed by atoms with E-state index >= 15 is 0 Å². The number of carbonyl (C=O) groups excluding carboxylic acids is 2. The summed E-state index contributed by atoms with van der Waals surface area (Å²) >= 11 is 0. The van der Waals surface area contributed by atoms with Crippen LogP contribution in [0, 0.1) is 6.92 Å². The Morgan fingerprint density at radius 3 is 2.30 bits per heavy atom. The highest BCUT2D eigenvalue weighted by Gasteiger charge is 2.47. The van der Waals surface area contributed by atoms with E-state index in [1.54, 1.807) is 49.6 Å². The van der Waals surface area contributed by atoms with Gasteiger partial charge >= 0.3 is 0 Å². The Bertz CT molecular complexity index is 1140. The summed E-state index contributed by atoms with van der Waals surface area (Å²) in [5.74, 6) is -0.984. The number of benzene rings is 2. The van der Waals surface area contributed by atoms with Gasteiger partial charge in [-0.15, -0.1) is 0 Å². The second kappa shape index (κ2) is 7.83. The fraction of sp³-hybridized carbons (Fsp3) is 0.125. The third kappa shape index (κ3) is 3.22. The fourth-order valence-corrected chi connectivity index (χ4v) is 3.68. The number of aliphatic hydroxyl groups excluding tert-OH is 1. The van der Waals surface area contributed by atoms with E-state index in [9.17, 15) is 14.7 Å². The molecular formula is C24H20N2O4. The van der Waals surface area contributed by atoms with Gasteiger partial charge < -0.3 is 9.84 Å². The Morgan fingerprint density at radius 2 is 1.67 bits per heavy atom. The van der Waals surface area contributed by atoms with Crippen LogP contribution in [0.1, 0.15) is 22.7 Å². The van der Waals surface area contributed by atoms with Crippen LogP contribution in [-0.4, -0.2) is 28.9 Å². The van der Waals surface area contributed by atoms with Crippen LogP contribution in [0.25, 0.3) is 5.76 Å². The maximum atomic E-state index is 13.1. The molecule has 2 heterocycles. The lowest BCUT2D eigenvalue weighted by Gasteiger charge is -2.26. The van der Waals surface area contributed by atoms with Crippen molar-refractivity contribution in [2.75, 3.05) is 12.0 Å². The van der Waals surface area contributed by atoms with Crippen LogP contribution in [-0.2, 0) is 9.59 Å². The van der Waals surface area contributed by atoms with E-state index in [1.807, 2.05) is 25.1 Å². The Balaban J connectivity index is 1.95. The molecule has 150 valence electrons. The van der Waals surface area contributed by atoms with Crippen LogP contribution in [0.4, 0.5) is 5.69 Å². The molecule has 4 rings (SSSR count). The van der Waals surface area contributed by atoms with E-state index in [4.69, 9.17) is 4.74 Å². The second-order valence-corrected chi connectivity index (χ2v) is 6.96. The van der Waals surface area contributed by atoms with Crippen LogP contribution in [0.5, 0.6) is 5.75 Å². The van der Waals surface area contributed by atoms with Gasteiger partial charge in [-0.05, 0) is 48.4 Å². The first-order valence-corrected chi connectivity index (χ1v) is 9.44. The summed E-state index contributed by atoms with van der Waals surface area (Å²) in [6, 6.07) is 16.9. The number of rotatable bonds is 4. The summed E-state index contributed by atoms with van der Waals surface area (Å²) in [6.45, 7) is 1.88. The number of aliphatic hydroxyl groups is 1. The molecule has 6 nitrogen and oxygen atoms in total. The molecule has 1 aliphatic heterocycles. The molecule has 1 atom stereocenters. The number of methoxy groups -OCH3 is 1. The number of aromatic nitrogens is 1. The highest BCUT2D eigenvalue weighted by atomic mass is 16.5. The van der Waals surface area contributed by atoms with Gasteiger partial charge in [-0.3, -0.25) is 19.5 Å². The zero-order valence-corrected chi connectivity index (χ0v) is 16.6. The number of pyridine rings is 1. The SMILES string of the molecule is COc1ccc(C2/C(=C(\O)c3ccncc3)C(=O)C(=O)N2c2ccccc2C)cc1. The van der Waals surface area contributed by atoms with Crippen LogP contribution < -0.4 is 9.64 Å². The highest BCUT2D eigenvalue weighted by molar-refractivity contribution is 6.51. The summed E-state index contributed by atoms with van der Waals surface area (Å²) in [5.41, 5.74) is 2.62. The third-order valence-electron chi connectivity index (χ3n) is 5.20. The van der Waals surface area contributed by atoms with Crippen LogP contribution in [0.2, 0.25) is 0 Å². The quantitative estimate of drug-likeness (QED) is 0.406. The topological polar surface area (TPSA) is 79.7 Å². The van der Waals surface area contributed by atoms with Gasteiger partial charge in [-0.25, -0.2) is 0 Å². The molecule has 1 amide bonds. The van der Waals surface area contributed by atoms with Gasteiger partial charge in [0.15, 0.2) is 0 Å². The molecule has 1 N–H and O–H groups in total. The number of hydrogen-bond donors (Lipinski definition) is 1. The number of amides is 1. The Kier molecular flexibility index (Phi) is 5.06. The largest absolute Gasteiger partial charge is 0.507 e. The molecule has 2 aromatic carbocycles. The van der Waals surface area contributed by atoms with Gasteiger partial charge in [0.05, 0.1) is 18.7 Å². The predicted octanol–water partition coefficient (Wildman–Crippen LogP) is 4.02. The van der Waals surface area contributed by atoms with Gasteiger partial charge in [0.1, 0.15) is 11.5 Å². The summed E-state index contributed by atoms with van der Waals surface area (Å²) in [4.78, 5) is 31.6. The van der Waals surface area contributed by atoms with Crippen LogP contribution >= 0.6 is 0 Å². The van der Waals surface area contributed by atoms with Crippen molar-refractivity contribution < 1.29 is 19.4 Å². The summed E-state index contributed by atoms with van der Waals surface area (Å²) in [5, 5.41) is 11.0. The van der Waals surface area contributed by atoms with E-state index in [-0.39, 0.29) is 11.3 Å². The van der Waals surface area contributed by atoms with Crippen molar-refractivity contribution in [3.05, 3.63) is 95.3 Å². The Hall–Kier alpha value is -3.93. The predicted molar refractivity (Wildman–Crippen MR) is 113 cm³/mol. The lowest BCUT2D eigenvalue weighted by molar-refractivity contribution is -0.132. The minimum atomic E-state index is -0.773. The molecule has 1 unspecified atom stereocenters. The first kappa shape index (κ1) is 19.4. The van der Waals surface area contributed by atoms with Crippen molar-refractivity contribution in [1.29, 1.82) is 0 Å².